The second-order valence-electron chi connectivity index (χ2n) is 4.92. The molecule has 0 aliphatic heterocycles. The van der Waals surface area contributed by atoms with E-state index < -0.39 is 28.1 Å². The molecular weight excluding hydrogens is 370 g/mol. The Morgan fingerprint density at radius 3 is 2.00 bits per heavy atom. The van der Waals surface area contributed by atoms with Crippen LogP contribution < -0.4 is 20.8 Å². The highest BCUT2D eigenvalue weighted by Crippen LogP contribution is 2.38. The van der Waals surface area contributed by atoms with Crippen molar-refractivity contribution >= 4 is 34.8 Å². The quantitative estimate of drug-likeness (QED) is 0.399. The van der Waals surface area contributed by atoms with Gasteiger partial charge in [0, 0.05) is 16.2 Å². The molecule has 2 aromatic carbocycles. The Bertz CT molecular complexity index is 783. The summed E-state index contributed by atoms with van der Waals surface area (Å²) in [5, 5.41) is 68.1. The zero-order valence-corrected chi connectivity index (χ0v) is 13.7. The summed E-state index contributed by atoms with van der Waals surface area (Å²) in [4.78, 5) is 11.2. The summed E-state index contributed by atoms with van der Waals surface area (Å²) < 4.78 is 0. The van der Waals surface area contributed by atoms with Crippen LogP contribution in [0.5, 0.6) is 0 Å². The number of rotatable bonds is 7. The first kappa shape index (κ1) is 19.7. The lowest BCUT2D eigenvalue weighted by atomic mass is 10.1. The highest BCUT2D eigenvalue weighted by atomic mass is 32.2. The Morgan fingerprint density at radius 2 is 1.54 bits per heavy atom. The number of thioether (sulfide) groups is 1. The van der Waals surface area contributed by atoms with Gasteiger partial charge in [-0.05, 0) is 29.8 Å². The minimum Gasteiger partial charge on any atom is -0.733 e. The van der Waals surface area contributed by atoms with E-state index in [9.17, 15) is 30.7 Å². The van der Waals surface area contributed by atoms with Gasteiger partial charge in [0.25, 0.3) is 0 Å². The van der Waals surface area contributed by atoms with Crippen molar-refractivity contribution in [3.63, 3.8) is 0 Å². The van der Waals surface area contributed by atoms with E-state index in [2.05, 4.69) is 0 Å². The summed E-state index contributed by atoms with van der Waals surface area (Å²) >= 11 is 0.879. The standard InChI is InChI=1S/C14H13N3O8S/c18-14(19)11-5-10(16(22)23)6-12(17(24)25)13(11)26-7-8-1-3-9(4-2-8)15(20)21/h1-6,20,22,24-25H,7H2,(H,18,19)/q-2/p-1. The predicted molar refractivity (Wildman–Crippen MR) is 88.1 cm³/mol. The van der Waals surface area contributed by atoms with Crippen LogP contribution in [0.15, 0.2) is 41.3 Å². The van der Waals surface area contributed by atoms with Gasteiger partial charge >= 0.3 is 0 Å². The Labute approximate surface area is 150 Å². The number of carbonyl (C=O) groups is 1. The van der Waals surface area contributed by atoms with Crippen molar-refractivity contribution < 1.29 is 30.7 Å². The normalized spacial score (nSPS) is 10.5. The average Bonchev–Trinajstić information content (AvgIpc) is 2.59. The molecule has 0 bridgehead atoms. The lowest BCUT2D eigenvalue weighted by Gasteiger charge is -2.26. The van der Waals surface area contributed by atoms with Crippen molar-refractivity contribution in [2.75, 3.05) is 15.7 Å². The van der Waals surface area contributed by atoms with Crippen LogP contribution in [0.2, 0.25) is 0 Å². The number of hydrogen-bond acceptors (Lipinski definition) is 12. The monoisotopic (exact) mass is 382 g/mol. The molecule has 0 amide bonds. The highest BCUT2D eigenvalue weighted by molar-refractivity contribution is 7.98. The van der Waals surface area contributed by atoms with Gasteiger partial charge in [-0.2, -0.15) is 0 Å². The molecule has 11 nitrogen and oxygen atoms in total. The Morgan fingerprint density at radius 1 is 0.962 bits per heavy atom. The molecule has 0 saturated heterocycles. The molecule has 0 aromatic heterocycles. The molecule has 2 rings (SSSR count). The first-order valence-corrected chi connectivity index (χ1v) is 7.80. The highest BCUT2D eigenvalue weighted by Gasteiger charge is 2.17. The number of nitrogens with zero attached hydrogens (tertiary/aromatic N) is 3. The number of hydrogen-bond donors (Lipinski definition) is 4. The third-order valence-corrected chi connectivity index (χ3v) is 4.45. The molecule has 140 valence electrons. The third kappa shape index (κ3) is 4.53. The summed E-state index contributed by atoms with van der Waals surface area (Å²) in [6.45, 7) is 0. The lowest BCUT2D eigenvalue weighted by Crippen LogP contribution is -2.25. The summed E-state index contributed by atoms with van der Waals surface area (Å²) in [5.74, 6) is -1.55. The van der Waals surface area contributed by atoms with Gasteiger partial charge in [-0.1, -0.05) is 12.1 Å². The van der Waals surface area contributed by atoms with Crippen molar-refractivity contribution in [2.45, 2.75) is 10.6 Å². The molecule has 26 heavy (non-hydrogen) atoms. The molecular formula is C14H12N3O8S-3. The minimum absolute atomic E-state index is 0.00501. The number of carbonyl (C=O) groups excluding carboxylic acids is 1. The second-order valence-corrected chi connectivity index (χ2v) is 5.91. The summed E-state index contributed by atoms with van der Waals surface area (Å²) in [6, 6.07) is 7.35. The van der Waals surface area contributed by atoms with Gasteiger partial charge < -0.3 is 30.8 Å². The van der Waals surface area contributed by atoms with Gasteiger partial charge in [0.1, 0.15) is 5.69 Å². The molecule has 0 fully saturated rings. The summed E-state index contributed by atoms with van der Waals surface area (Å²) in [6.07, 6.45) is 0. The van der Waals surface area contributed by atoms with Crippen molar-refractivity contribution in [1.29, 1.82) is 0 Å². The van der Waals surface area contributed by atoms with E-state index in [0.29, 0.717) is 5.56 Å². The maximum Gasteiger partial charge on any atom is 0.111 e. The number of benzene rings is 2. The molecule has 0 spiro atoms. The second kappa shape index (κ2) is 8.20. The van der Waals surface area contributed by atoms with Crippen LogP contribution in [0, 0.1) is 10.4 Å². The van der Waals surface area contributed by atoms with Crippen LogP contribution >= 0.6 is 11.8 Å². The Hall–Kier alpha value is -2.58. The summed E-state index contributed by atoms with van der Waals surface area (Å²) in [7, 11) is 0. The minimum atomic E-state index is -1.70. The zero-order valence-electron chi connectivity index (χ0n) is 12.8. The van der Waals surface area contributed by atoms with Gasteiger partial charge in [-0.25, -0.2) is 0 Å². The molecule has 0 aliphatic rings. The van der Waals surface area contributed by atoms with Crippen molar-refractivity contribution in [3.8, 4) is 0 Å². The zero-order chi connectivity index (χ0) is 19.4. The van der Waals surface area contributed by atoms with E-state index in [0.717, 1.165) is 23.9 Å². The molecule has 0 atom stereocenters. The molecule has 0 heterocycles. The average molecular weight is 382 g/mol. The fourth-order valence-electron chi connectivity index (χ4n) is 2.04. The van der Waals surface area contributed by atoms with Gasteiger partial charge in [0.15, 0.2) is 0 Å². The lowest BCUT2D eigenvalue weighted by molar-refractivity contribution is -0.255. The van der Waals surface area contributed by atoms with E-state index in [4.69, 9.17) is 10.4 Å². The number of anilines is 3. The Balaban J connectivity index is 2.36. The van der Waals surface area contributed by atoms with Crippen LogP contribution in [0.4, 0.5) is 17.1 Å². The van der Waals surface area contributed by atoms with Crippen molar-refractivity contribution in [1.82, 2.24) is 0 Å². The van der Waals surface area contributed by atoms with Crippen LogP contribution in [0.3, 0.4) is 0 Å². The third-order valence-electron chi connectivity index (χ3n) is 3.25. The van der Waals surface area contributed by atoms with Gasteiger partial charge in [-0.15, -0.1) is 17.0 Å². The van der Waals surface area contributed by atoms with Crippen LogP contribution in [0.1, 0.15) is 15.9 Å². The smallest absolute Gasteiger partial charge is 0.111 e. The fourth-order valence-corrected chi connectivity index (χ4v) is 3.13. The molecule has 4 N–H and O–H groups in total. The number of aromatic carboxylic acids is 1. The maximum atomic E-state index is 11.3. The van der Waals surface area contributed by atoms with E-state index in [1.165, 1.54) is 24.3 Å². The van der Waals surface area contributed by atoms with E-state index >= 15 is 0 Å². The van der Waals surface area contributed by atoms with Gasteiger partial charge in [0.05, 0.1) is 17.3 Å². The van der Waals surface area contributed by atoms with Crippen molar-refractivity contribution in [3.05, 3.63) is 57.9 Å². The van der Waals surface area contributed by atoms with Gasteiger partial charge in [0.2, 0.25) is 0 Å². The molecule has 12 heteroatoms. The van der Waals surface area contributed by atoms with Crippen molar-refractivity contribution in [2.24, 2.45) is 0 Å². The predicted octanol–water partition coefficient (Wildman–Crippen LogP) is 1.31. The molecule has 2 aromatic rings. The summed E-state index contributed by atoms with van der Waals surface area (Å²) in [5.41, 5.74) is -0.924. The topological polar surface area (TPSA) is 177 Å². The van der Waals surface area contributed by atoms with E-state index in [-0.39, 0.29) is 26.8 Å². The first-order chi connectivity index (χ1) is 12.2. The molecule has 0 saturated carbocycles. The van der Waals surface area contributed by atoms with Crippen LogP contribution in [0.25, 0.3) is 0 Å². The van der Waals surface area contributed by atoms with E-state index in [1.807, 2.05) is 0 Å². The van der Waals surface area contributed by atoms with Crippen LogP contribution in [-0.2, 0) is 5.75 Å². The van der Waals surface area contributed by atoms with Crippen LogP contribution in [-0.4, -0.2) is 26.8 Å². The molecule has 0 radical (unpaired) electrons. The Kier molecular flexibility index (Phi) is 6.23. The van der Waals surface area contributed by atoms with Gasteiger partial charge in [-0.3, -0.25) is 20.8 Å². The maximum absolute atomic E-state index is 11.3. The first-order valence-electron chi connectivity index (χ1n) is 6.82. The number of carboxylic acids is 1. The largest absolute Gasteiger partial charge is 0.733 e. The number of carboxylic acid groups (broad SMARTS) is 1. The SMILES string of the molecule is O=C([O-])c1cc(N([O-])O)cc(N(O)O)c1SCc1ccc(N([O-])O)cc1. The molecule has 0 aliphatic carbocycles. The fraction of sp³-hybridized carbons (Fsp3) is 0.0714. The van der Waals surface area contributed by atoms with E-state index in [1.54, 1.807) is 0 Å². The molecule has 0 unspecified atom stereocenters.